The Balaban J connectivity index is 1.84. The van der Waals surface area contributed by atoms with Crippen molar-refractivity contribution in [3.63, 3.8) is 0 Å². The molecule has 2 nitrogen and oxygen atoms in total. The van der Waals surface area contributed by atoms with E-state index in [9.17, 15) is 0 Å². The van der Waals surface area contributed by atoms with Gasteiger partial charge in [0.1, 0.15) is 0 Å². The maximum absolute atomic E-state index is 6.21. The number of anilines is 1. The molecule has 126 valence electrons. The number of thiocarbonyl (C=S) groups is 1. The molecular formula is C21H19ClN2S. The van der Waals surface area contributed by atoms with Gasteiger partial charge < -0.3 is 10.6 Å². The lowest BCUT2D eigenvalue weighted by Crippen LogP contribution is -2.33. The van der Waals surface area contributed by atoms with Gasteiger partial charge in [0.2, 0.25) is 0 Å². The summed E-state index contributed by atoms with van der Waals surface area (Å²) < 4.78 is 0. The third-order valence-corrected chi connectivity index (χ3v) is 4.49. The zero-order chi connectivity index (χ0) is 17.6. The van der Waals surface area contributed by atoms with Gasteiger partial charge in [-0.15, -0.1) is 0 Å². The van der Waals surface area contributed by atoms with Gasteiger partial charge in [-0.1, -0.05) is 83.9 Å². The van der Waals surface area contributed by atoms with Crippen LogP contribution in [0.5, 0.6) is 0 Å². The van der Waals surface area contributed by atoms with Gasteiger partial charge >= 0.3 is 0 Å². The molecule has 0 radical (unpaired) electrons. The Kier molecular flexibility index (Phi) is 5.69. The summed E-state index contributed by atoms with van der Waals surface area (Å²) in [5.41, 5.74) is 4.32. The van der Waals surface area contributed by atoms with Crippen molar-refractivity contribution in [2.45, 2.75) is 13.0 Å². The molecule has 3 aromatic carbocycles. The molecule has 0 aliphatic rings. The highest BCUT2D eigenvalue weighted by Crippen LogP contribution is 2.24. The van der Waals surface area contributed by atoms with Gasteiger partial charge in [-0.25, -0.2) is 0 Å². The summed E-state index contributed by atoms with van der Waals surface area (Å²) in [5.74, 6) is 0. The van der Waals surface area contributed by atoms with Gasteiger partial charge in [-0.3, -0.25) is 0 Å². The molecule has 0 fully saturated rings. The first kappa shape index (κ1) is 17.5. The van der Waals surface area contributed by atoms with Crippen molar-refractivity contribution in [3.05, 3.63) is 101 Å². The Hall–Kier alpha value is -2.36. The van der Waals surface area contributed by atoms with Gasteiger partial charge in [0.25, 0.3) is 0 Å². The summed E-state index contributed by atoms with van der Waals surface area (Å²) in [7, 11) is 0. The predicted octanol–water partition coefficient (Wildman–Crippen LogP) is 5.72. The quantitative estimate of drug-likeness (QED) is 0.577. The topological polar surface area (TPSA) is 24.1 Å². The number of nitrogens with one attached hydrogen (secondary N) is 2. The fraction of sp³-hybridized carbons (Fsp3) is 0.0952. The molecule has 0 saturated carbocycles. The van der Waals surface area contributed by atoms with Crippen molar-refractivity contribution in [1.29, 1.82) is 0 Å². The Morgan fingerprint density at radius 2 is 1.44 bits per heavy atom. The molecule has 3 aromatic rings. The van der Waals surface area contributed by atoms with E-state index < -0.39 is 0 Å². The first-order valence-corrected chi connectivity index (χ1v) is 8.85. The lowest BCUT2D eigenvalue weighted by Gasteiger charge is -2.22. The molecule has 0 spiro atoms. The molecule has 2 N–H and O–H groups in total. The Bertz CT molecular complexity index is 847. The maximum atomic E-state index is 6.21. The van der Waals surface area contributed by atoms with E-state index in [0.29, 0.717) is 10.1 Å². The minimum atomic E-state index is -0.0377. The summed E-state index contributed by atoms with van der Waals surface area (Å²) >= 11 is 11.7. The number of para-hydroxylation sites is 1. The average Bonchev–Trinajstić information content (AvgIpc) is 2.63. The van der Waals surface area contributed by atoms with Crippen molar-refractivity contribution in [2.75, 3.05) is 5.32 Å². The summed E-state index contributed by atoms with van der Waals surface area (Å²) in [5, 5.41) is 7.75. The van der Waals surface area contributed by atoms with Crippen LogP contribution in [0.1, 0.15) is 22.7 Å². The summed E-state index contributed by atoms with van der Waals surface area (Å²) in [6.45, 7) is 2.08. The standard InChI is InChI=1S/C21H19ClN2S/c1-15-11-13-17(14-12-15)20(16-7-3-2-4-8-16)24-21(25)23-19-10-6-5-9-18(19)22/h2-14,20H,1H3,(H2,23,24,25)/t20-/m0/s1. The van der Waals surface area contributed by atoms with E-state index in [0.717, 1.165) is 16.8 Å². The van der Waals surface area contributed by atoms with Crippen LogP contribution in [0.4, 0.5) is 5.69 Å². The van der Waals surface area contributed by atoms with E-state index in [1.54, 1.807) is 0 Å². The highest BCUT2D eigenvalue weighted by atomic mass is 35.5. The fourth-order valence-corrected chi connectivity index (χ4v) is 3.03. The summed E-state index contributed by atoms with van der Waals surface area (Å²) in [6.07, 6.45) is 0. The van der Waals surface area contributed by atoms with Crippen LogP contribution >= 0.6 is 23.8 Å². The Morgan fingerprint density at radius 1 is 0.840 bits per heavy atom. The summed E-state index contributed by atoms with van der Waals surface area (Å²) in [6, 6.07) is 26.2. The van der Waals surface area contributed by atoms with Gasteiger partial charge in [-0.2, -0.15) is 0 Å². The van der Waals surface area contributed by atoms with Gasteiger partial charge in [0, 0.05) is 0 Å². The monoisotopic (exact) mass is 366 g/mol. The minimum Gasteiger partial charge on any atom is -0.352 e. The molecule has 0 saturated heterocycles. The Morgan fingerprint density at radius 3 is 2.12 bits per heavy atom. The van der Waals surface area contributed by atoms with E-state index in [1.807, 2.05) is 42.5 Å². The molecule has 0 aliphatic carbocycles. The number of benzene rings is 3. The van der Waals surface area contributed by atoms with E-state index >= 15 is 0 Å². The molecule has 3 rings (SSSR count). The van der Waals surface area contributed by atoms with Gasteiger partial charge in [0.05, 0.1) is 16.8 Å². The van der Waals surface area contributed by atoms with Gasteiger partial charge in [-0.05, 0) is 42.4 Å². The normalized spacial score (nSPS) is 11.6. The van der Waals surface area contributed by atoms with Crippen LogP contribution in [0.25, 0.3) is 0 Å². The highest BCUT2D eigenvalue weighted by Gasteiger charge is 2.15. The fourth-order valence-electron chi connectivity index (χ4n) is 2.62. The van der Waals surface area contributed by atoms with E-state index in [4.69, 9.17) is 23.8 Å². The van der Waals surface area contributed by atoms with Gasteiger partial charge in [0.15, 0.2) is 5.11 Å². The van der Waals surface area contributed by atoms with Crippen LogP contribution in [0.3, 0.4) is 0 Å². The summed E-state index contributed by atoms with van der Waals surface area (Å²) in [4.78, 5) is 0. The number of rotatable bonds is 4. The predicted molar refractivity (Wildman–Crippen MR) is 110 cm³/mol. The molecule has 1 atom stereocenters. The molecular weight excluding hydrogens is 348 g/mol. The molecule has 0 aromatic heterocycles. The Labute approximate surface area is 158 Å². The second kappa shape index (κ2) is 8.15. The zero-order valence-electron chi connectivity index (χ0n) is 13.9. The molecule has 0 unspecified atom stereocenters. The minimum absolute atomic E-state index is 0.0377. The van der Waals surface area contributed by atoms with E-state index in [-0.39, 0.29) is 6.04 Å². The smallest absolute Gasteiger partial charge is 0.171 e. The van der Waals surface area contributed by atoms with Crippen LogP contribution < -0.4 is 10.6 Å². The molecule has 0 heterocycles. The first-order valence-electron chi connectivity index (χ1n) is 8.07. The first-order chi connectivity index (χ1) is 12.1. The molecule has 4 heteroatoms. The molecule has 0 aliphatic heterocycles. The van der Waals surface area contributed by atoms with Crippen molar-refractivity contribution in [1.82, 2.24) is 5.32 Å². The molecule has 25 heavy (non-hydrogen) atoms. The number of halogens is 1. The van der Waals surface area contributed by atoms with Crippen LogP contribution in [-0.2, 0) is 0 Å². The van der Waals surface area contributed by atoms with Crippen LogP contribution in [0, 0.1) is 6.92 Å². The van der Waals surface area contributed by atoms with Crippen LogP contribution in [0.2, 0.25) is 5.02 Å². The largest absolute Gasteiger partial charge is 0.352 e. The van der Waals surface area contributed by atoms with Crippen molar-refractivity contribution in [3.8, 4) is 0 Å². The van der Waals surface area contributed by atoms with Crippen LogP contribution in [0.15, 0.2) is 78.9 Å². The van der Waals surface area contributed by atoms with E-state index in [2.05, 4.69) is 54.0 Å². The van der Waals surface area contributed by atoms with Crippen molar-refractivity contribution >= 4 is 34.6 Å². The highest BCUT2D eigenvalue weighted by molar-refractivity contribution is 7.80. The SMILES string of the molecule is Cc1ccc([C@@H](NC(=S)Nc2ccccc2Cl)c2ccccc2)cc1. The second-order valence-corrected chi connectivity index (χ2v) is 6.65. The molecule has 0 amide bonds. The lowest BCUT2D eigenvalue weighted by atomic mass is 9.98. The van der Waals surface area contributed by atoms with E-state index in [1.165, 1.54) is 5.56 Å². The molecule has 0 bridgehead atoms. The number of hydrogen-bond donors (Lipinski definition) is 2. The third-order valence-electron chi connectivity index (χ3n) is 3.94. The average molecular weight is 367 g/mol. The van der Waals surface area contributed by atoms with Crippen molar-refractivity contribution < 1.29 is 0 Å². The zero-order valence-corrected chi connectivity index (χ0v) is 15.4. The number of aryl methyl sites for hydroxylation is 1. The van der Waals surface area contributed by atoms with Crippen LogP contribution in [-0.4, -0.2) is 5.11 Å². The second-order valence-electron chi connectivity index (χ2n) is 5.83. The third kappa shape index (κ3) is 4.59. The maximum Gasteiger partial charge on any atom is 0.171 e. The number of hydrogen-bond acceptors (Lipinski definition) is 1. The lowest BCUT2D eigenvalue weighted by molar-refractivity contribution is 0.768. The van der Waals surface area contributed by atoms with Crippen molar-refractivity contribution in [2.24, 2.45) is 0 Å².